The number of nitrogens with zero attached hydrogens (tertiary/aromatic N) is 4. The molecule has 2 aromatic rings. The number of unbranched alkanes of at least 4 members (excludes halogenated alkanes) is 2. The van der Waals surface area contributed by atoms with E-state index < -0.39 is 11.8 Å². The molecule has 0 heterocycles. The van der Waals surface area contributed by atoms with E-state index in [4.69, 9.17) is 17.2 Å². The summed E-state index contributed by atoms with van der Waals surface area (Å²) in [5, 5.41) is 0. The Bertz CT molecular complexity index is 1100. The van der Waals surface area contributed by atoms with E-state index in [9.17, 15) is 19.2 Å². The molecule has 0 radical (unpaired) electrons. The summed E-state index contributed by atoms with van der Waals surface area (Å²) in [6, 6.07) is 18.7. The Morgan fingerprint density at radius 1 is 0.571 bits per heavy atom. The first-order valence-corrected chi connectivity index (χ1v) is 14.5. The second-order valence-electron chi connectivity index (χ2n) is 10.5. The van der Waals surface area contributed by atoms with Crippen LogP contribution in [-0.2, 0) is 32.3 Å². The van der Waals surface area contributed by atoms with Gasteiger partial charge in [0.1, 0.15) is 6.54 Å². The SMILES string of the molecule is CN(CCCCN)CC(=O)N(CC(=O)N(CCCCN)CC(=O)N(CC(N)=O)Cc1ccccc1)Cc1ccccc1. The quantitative estimate of drug-likeness (QED) is 0.195. The minimum Gasteiger partial charge on any atom is -0.368 e. The topological polar surface area (TPSA) is 159 Å². The second-order valence-corrected chi connectivity index (χ2v) is 10.5. The molecule has 0 bridgehead atoms. The van der Waals surface area contributed by atoms with Crippen LogP contribution < -0.4 is 17.2 Å². The average Bonchev–Trinajstić information content (AvgIpc) is 2.97. The molecule has 0 fully saturated rings. The predicted octanol–water partition coefficient (Wildman–Crippen LogP) is 0.768. The highest BCUT2D eigenvalue weighted by atomic mass is 16.2. The van der Waals surface area contributed by atoms with Gasteiger partial charge in [0.2, 0.25) is 23.6 Å². The summed E-state index contributed by atoms with van der Waals surface area (Å²) in [5.41, 5.74) is 18.5. The van der Waals surface area contributed by atoms with Gasteiger partial charge in [0.15, 0.2) is 0 Å². The van der Waals surface area contributed by atoms with Gasteiger partial charge in [-0.25, -0.2) is 0 Å². The van der Waals surface area contributed by atoms with Crippen molar-refractivity contribution in [1.29, 1.82) is 0 Å². The number of nitrogens with two attached hydrogens (primary N) is 3. The molecule has 230 valence electrons. The largest absolute Gasteiger partial charge is 0.368 e. The number of hydrogen-bond donors (Lipinski definition) is 3. The smallest absolute Gasteiger partial charge is 0.242 e. The molecule has 0 aromatic heterocycles. The minimum absolute atomic E-state index is 0.153. The van der Waals surface area contributed by atoms with Crippen LogP contribution in [0.3, 0.4) is 0 Å². The van der Waals surface area contributed by atoms with Crippen LogP contribution in [-0.4, -0.2) is 103 Å². The van der Waals surface area contributed by atoms with E-state index in [1.165, 1.54) is 14.7 Å². The van der Waals surface area contributed by atoms with E-state index in [1.54, 1.807) is 0 Å². The highest BCUT2D eigenvalue weighted by molar-refractivity contribution is 5.90. The standard InChI is InChI=1S/C31H47N7O4/c1-35(18-10-8-16-32)23-29(40)38(21-27-14-6-3-7-15-27)25-30(41)36(19-11-9-17-33)24-31(42)37(22-28(34)39)20-26-12-4-2-5-13-26/h2-7,12-15H,8-11,16-25,32-33H2,1H3,(H2,34,39). The van der Waals surface area contributed by atoms with Crippen LogP contribution in [0.1, 0.15) is 36.8 Å². The van der Waals surface area contributed by atoms with Gasteiger partial charge in [0.25, 0.3) is 0 Å². The fourth-order valence-corrected chi connectivity index (χ4v) is 4.46. The molecule has 2 rings (SSSR count). The highest BCUT2D eigenvalue weighted by Gasteiger charge is 2.26. The molecule has 6 N–H and O–H groups in total. The number of likely N-dealkylation sites (N-methyl/N-ethyl adjacent to an activating group) is 1. The van der Waals surface area contributed by atoms with Gasteiger partial charge >= 0.3 is 0 Å². The zero-order chi connectivity index (χ0) is 30.7. The van der Waals surface area contributed by atoms with E-state index >= 15 is 0 Å². The van der Waals surface area contributed by atoms with Gasteiger partial charge in [-0.15, -0.1) is 0 Å². The van der Waals surface area contributed by atoms with E-state index in [1.807, 2.05) is 72.6 Å². The molecule has 4 amide bonds. The van der Waals surface area contributed by atoms with E-state index in [2.05, 4.69) is 0 Å². The maximum atomic E-state index is 13.7. The molecule has 0 aliphatic carbocycles. The van der Waals surface area contributed by atoms with Crippen molar-refractivity contribution >= 4 is 23.6 Å². The Labute approximate surface area is 249 Å². The Hall–Kier alpha value is -3.80. The molecular weight excluding hydrogens is 534 g/mol. The van der Waals surface area contributed by atoms with Crippen molar-refractivity contribution in [2.75, 3.05) is 59.4 Å². The summed E-state index contributed by atoms with van der Waals surface area (Å²) in [6.07, 6.45) is 3.01. The van der Waals surface area contributed by atoms with Crippen molar-refractivity contribution in [3.63, 3.8) is 0 Å². The van der Waals surface area contributed by atoms with E-state index in [0.717, 1.165) is 24.0 Å². The lowest BCUT2D eigenvalue weighted by molar-refractivity contribution is -0.145. The molecule has 0 spiro atoms. The lowest BCUT2D eigenvalue weighted by Gasteiger charge is -2.30. The number of amides is 4. The highest BCUT2D eigenvalue weighted by Crippen LogP contribution is 2.10. The van der Waals surface area contributed by atoms with Crippen LogP contribution in [0.2, 0.25) is 0 Å². The summed E-state index contributed by atoms with van der Waals surface area (Å²) in [5.74, 6) is -1.58. The van der Waals surface area contributed by atoms with Gasteiger partial charge in [-0.1, -0.05) is 60.7 Å². The summed E-state index contributed by atoms with van der Waals surface area (Å²) in [7, 11) is 1.87. The lowest BCUT2D eigenvalue weighted by Crippen LogP contribution is -2.49. The summed E-state index contributed by atoms with van der Waals surface area (Å²) in [6.45, 7) is 1.95. The van der Waals surface area contributed by atoms with Gasteiger partial charge in [-0.2, -0.15) is 0 Å². The van der Waals surface area contributed by atoms with Gasteiger partial charge in [-0.05, 0) is 63.5 Å². The van der Waals surface area contributed by atoms with Crippen LogP contribution >= 0.6 is 0 Å². The lowest BCUT2D eigenvalue weighted by atomic mass is 10.2. The van der Waals surface area contributed by atoms with Crippen molar-refractivity contribution in [3.05, 3.63) is 71.8 Å². The first kappa shape index (κ1) is 34.4. The van der Waals surface area contributed by atoms with Crippen molar-refractivity contribution in [2.45, 2.75) is 38.8 Å². The summed E-state index contributed by atoms with van der Waals surface area (Å²) in [4.78, 5) is 58.6. The molecule has 0 saturated carbocycles. The van der Waals surface area contributed by atoms with Crippen LogP contribution in [0.25, 0.3) is 0 Å². The zero-order valence-electron chi connectivity index (χ0n) is 24.8. The van der Waals surface area contributed by atoms with Gasteiger partial charge in [0.05, 0.1) is 19.6 Å². The molecule has 11 heteroatoms. The molecule has 42 heavy (non-hydrogen) atoms. The zero-order valence-corrected chi connectivity index (χ0v) is 24.8. The van der Waals surface area contributed by atoms with Gasteiger partial charge in [-0.3, -0.25) is 24.1 Å². The number of carbonyl (C=O) groups excluding carboxylic acids is 4. The normalized spacial score (nSPS) is 10.9. The molecule has 0 aliphatic heterocycles. The maximum Gasteiger partial charge on any atom is 0.242 e. The monoisotopic (exact) mass is 581 g/mol. The van der Waals surface area contributed by atoms with Crippen molar-refractivity contribution in [3.8, 4) is 0 Å². The van der Waals surface area contributed by atoms with E-state index in [-0.39, 0.29) is 51.1 Å². The maximum absolute atomic E-state index is 13.7. The molecule has 0 atom stereocenters. The van der Waals surface area contributed by atoms with Crippen molar-refractivity contribution < 1.29 is 19.2 Å². The first-order valence-electron chi connectivity index (χ1n) is 14.5. The first-order chi connectivity index (χ1) is 20.2. The van der Waals surface area contributed by atoms with Crippen molar-refractivity contribution in [2.24, 2.45) is 17.2 Å². The number of primary amides is 1. The fourth-order valence-electron chi connectivity index (χ4n) is 4.46. The molecular formula is C31H47N7O4. The Morgan fingerprint density at radius 3 is 1.50 bits per heavy atom. The average molecular weight is 582 g/mol. The van der Waals surface area contributed by atoms with Crippen LogP contribution in [0, 0.1) is 0 Å². The van der Waals surface area contributed by atoms with Crippen molar-refractivity contribution in [1.82, 2.24) is 19.6 Å². The number of benzene rings is 2. The molecule has 0 saturated heterocycles. The Balaban J connectivity index is 2.21. The number of carbonyl (C=O) groups is 4. The Morgan fingerprint density at radius 2 is 1.00 bits per heavy atom. The minimum atomic E-state index is -0.643. The third kappa shape index (κ3) is 13.2. The van der Waals surface area contributed by atoms with Crippen LogP contribution in [0.15, 0.2) is 60.7 Å². The van der Waals surface area contributed by atoms with Crippen LogP contribution in [0.4, 0.5) is 0 Å². The molecule has 11 nitrogen and oxygen atoms in total. The fraction of sp³-hybridized carbons (Fsp3) is 0.484. The van der Waals surface area contributed by atoms with E-state index in [0.29, 0.717) is 39.0 Å². The third-order valence-corrected chi connectivity index (χ3v) is 6.77. The third-order valence-electron chi connectivity index (χ3n) is 6.77. The molecule has 0 aliphatic rings. The summed E-state index contributed by atoms with van der Waals surface area (Å²) >= 11 is 0. The molecule has 2 aromatic carbocycles. The van der Waals surface area contributed by atoms with Gasteiger partial charge < -0.3 is 31.9 Å². The van der Waals surface area contributed by atoms with Crippen LogP contribution in [0.5, 0.6) is 0 Å². The number of hydrogen-bond acceptors (Lipinski definition) is 7. The Kier molecular flexibility index (Phi) is 15.8. The second kappa shape index (κ2) is 19.3. The van der Waals surface area contributed by atoms with Gasteiger partial charge in [0, 0.05) is 19.6 Å². The number of rotatable bonds is 20. The summed E-state index contributed by atoms with van der Waals surface area (Å²) < 4.78 is 0. The molecule has 0 unspecified atom stereocenters. The predicted molar refractivity (Wildman–Crippen MR) is 164 cm³/mol.